The summed E-state index contributed by atoms with van der Waals surface area (Å²) in [7, 11) is 0.472. The Balaban J connectivity index is 4.12. The lowest BCUT2D eigenvalue weighted by Crippen LogP contribution is -2.36. The minimum absolute atomic E-state index is 0.00674. The first kappa shape index (κ1) is 15.9. The van der Waals surface area contributed by atoms with Gasteiger partial charge in [0.25, 0.3) is 0 Å². The van der Waals surface area contributed by atoms with E-state index in [1.54, 1.807) is 7.05 Å². The molecule has 1 N–H and O–H groups in total. The summed E-state index contributed by atoms with van der Waals surface area (Å²) < 4.78 is 25.2. The summed E-state index contributed by atoms with van der Waals surface area (Å²) in [5.74, 6) is 0.251. The van der Waals surface area contributed by atoms with Gasteiger partial charge in [-0.15, -0.1) is 0 Å². The molecule has 0 aromatic rings. The van der Waals surface area contributed by atoms with E-state index in [-0.39, 0.29) is 11.2 Å². The van der Waals surface area contributed by atoms with E-state index in [0.29, 0.717) is 6.54 Å². The minimum atomic E-state index is -3.07. The third-order valence-corrected chi connectivity index (χ3v) is 4.13. The zero-order chi connectivity index (χ0) is 12.8. The van der Waals surface area contributed by atoms with Crippen LogP contribution >= 0.6 is 0 Å². The number of hydrogen-bond donors (Lipinski definition) is 1. The molecule has 98 valence electrons. The van der Waals surface area contributed by atoms with Crippen LogP contribution in [0, 0.1) is 5.41 Å². The Morgan fingerprint density at radius 1 is 1.19 bits per heavy atom. The van der Waals surface area contributed by atoms with Gasteiger partial charge in [0.2, 0.25) is 10.0 Å². The van der Waals surface area contributed by atoms with E-state index in [2.05, 4.69) is 5.32 Å². The molecule has 0 radical (unpaired) electrons. The number of unbranched alkanes of at least 4 members (excludes halogenated alkanes) is 1. The van der Waals surface area contributed by atoms with Crippen LogP contribution in [0.5, 0.6) is 0 Å². The lowest BCUT2D eigenvalue weighted by atomic mass is 9.97. The zero-order valence-electron chi connectivity index (χ0n) is 11.2. The Labute approximate surface area is 100 Å². The zero-order valence-corrected chi connectivity index (χ0v) is 12.0. The Bertz CT molecular complexity index is 281. The fourth-order valence-corrected chi connectivity index (χ4v) is 2.97. The van der Waals surface area contributed by atoms with Gasteiger partial charge in [-0.1, -0.05) is 20.8 Å². The topological polar surface area (TPSA) is 49.4 Å². The van der Waals surface area contributed by atoms with Crippen molar-refractivity contribution >= 4 is 10.0 Å². The second-order valence-corrected chi connectivity index (χ2v) is 7.64. The van der Waals surface area contributed by atoms with Crippen LogP contribution in [-0.4, -0.2) is 45.7 Å². The predicted molar refractivity (Wildman–Crippen MR) is 69.0 cm³/mol. The maximum Gasteiger partial charge on any atom is 0.213 e. The van der Waals surface area contributed by atoms with Crippen LogP contribution in [0.2, 0.25) is 0 Å². The highest BCUT2D eigenvalue weighted by molar-refractivity contribution is 7.89. The van der Waals surface area contributed by atoms with Crippen LogP contribution < -0.4 is 5.32 Å². The van der Waals surface area contributed by atoms with Gasteiger partial charge in [0, 0.05) is 13.6 Å². The van der Waals surface area contributed by atoms with Crippen molar-refractivity contribution in [1.29, 1.82) is 0 Å². The molecule has 0 bridgehead atoms. The van der Waals surface area contributed by atoms with Crippen molar-refractivity contribution in [2.75, 3.05) is 32.9 Å². The number of nitrogens with zero attached hydrogens (tertiary/aromatic N) is 1. The molecule has 0 spiro atoms. The van der Waals surface area contributed by atoms with E-state index in [1.165, 1.54) is 4.31 Å². The second-order valence-electron chi connectivity index (χ2n) is 5.44. The van der Waals surface area contributed by atoms with Crippen molar-refractivity contribution in [3.63, 3.8) is 0 Å². The standard InChI is InChI=1S/C11H26N2O2S/c1-11(2,3)10-13(5)16(14,15)9-7-6-8-12-4/h12H,6-10H2,1-5H3. The van der Waals surface area contributed by atoms with Crippen LogP contribution in [0.3, 0.4) is 0 Å². The minimum Gasteiger partial charge on any atom is -0.320 e. The SMILES string of the molecule is CNCCCCS(=O)(=O)N(C)CC(C)(C)C. The molecular weight excluding hydrogens is 224 g/mol. The van der Waals surface area contributed by atoms with Crippen molar-refractivity contribution in [1.82, 2.24) is 9.62 Å². The van der Waals surface area contributed by atoms with Crippen molar-refractivity contribution in [2.24, 2.45) is 5.41 Å². The molecule has 0 aliphatic carbocycles. The van der Waals surface area contributed by atoms with Crippen LogP contribution in [0.1, 0.15) is 33.6 Å². The third kappa shape index (κ3) is 7.19. The molecule has 0 aromatic heterocycles. The fraction of sp³-hybridized carbons (Fsp3) is 1.00. The van der Waals surface area contributed by atoms with Crippen LogP contribution in [0.15, 0.2) is 0 Å². The van der Waals surface area contributed by atoms with E-state index in [0.717, 1.165) is 19.4 Å². The average molecular weight is 250 g/mol. The average Bonchev–Trinajstić information content (AvgIpc) is 2.09. The molecule has 0 aromatic carbocycles. The molecule has 0 unspecified atom stereocenters. The Hall–Kier alpha value is -0.130. The fourth-order valence-electron chi connectivity index (χ4n) is 1.51. The van der Waals surface area contributed by atoms with Gasteiger partial charge in [-0.25, -0.2) is 12.7 Å². The predicted octanol–water partition coefficient (Wildman–Crippen LogP) is 1.29. The van der Waals surface area contributed by atoms with Gasteiger partial charge in [-0.2, -0.15) is 0 Å². The molecule has 0 amide bonds. The largest absolute Gasteiger partial charge is 0.320 e. The first-order valence-corrected chi connectivity index (χ1v) is 7.38. The first-order valence-electron chi connectivity index (χ1n) is 5.78. The molecule has 0 fully saturated rings. The quantitative estimate of drug-likeness (QED) is 0.693. The molecule has 0 heterocycles. The number of sulfonamides is 1. The van der Waals surface area contributed by atoms with Crippen molar-refractivity contribution in [3.05, 3.63) is 0 Å². The molecule has 0 saturated carbocycles. The molecular formula is C11H26N2O2S. The van der Waals surface area contributed by atoms with Gasteiger partial charge in [-0.3, -0.25) is 0 Å². The van der Waals surface area contributed by atoms with Gasteiger partial charge >= 0.3 is 0 Å². The molecule has 16 heavy (non-hydrogen) atoms. The summed E-state index contributed by atoms with van der Waals surface area (Å²) in [6.45, 7) is 7.57. The summed E-state index contributed by atoms with van der Waals surface area (Å²) in [6.07, 6.45) is 1.62. The van der Waals surface area contributed by atoms with Gasteiger partial charge in [0.1, 0.15) is 0 Å². The highest BCUT2D eigenvalue weighted by Crippen LogP contribution is 2.16. The monoisotopic (exact) mass is 250 g/mol. The number of rotatable bonds is 7. The Morgan fingerprint density at radius 3 is 2.19 bits per heavy atom. The summed E-state index contributed by atoms with van der Waals surface area (Å²) in [4.78, 5) is 0. The van der Waals surface area contributed by atoms with E-state index >= 15 is 0 Å². The molecule has 0 aliphatic rings. The second kappa shape index (κ2) is 6.57. The number of hydrogen-bond acceptors (Lipinski definition) is 3. The summed E-state index contributed by atoms with van der Waals surface area (Å²) in [6, 6.07) is 0. The molecule has 0 aliphatic heterocycles. The molecule has 5 heteroatoms. The van der Waals surface area contributed by atoms with Gasteiger partial charge in [0.15, 0.2) is 0 Å². The third-order valence-electron chi connectivity index (χ3n) is 2.25. The van der Waals surface area contributed by atoms with Crippen LogP contribution in [0.25, 0.3) is 0 Å². The van der Waals surface area contributed by atoms with Crippen molar-refractivity contribution in [3.8, 4) is 0 Å². The first-order chi connectivity index (χ1) is 7.19. The molecule has 4 nitrogen and oxygen atoms in total. The van der Waals surface area contributed by atoms with Crippen LogP contribution in [-0.2, 0) is 10.0 Å². The van der Waals surface area contributed by atoms with Gasteiger partial charge in [-0.05, 0) is 31.8 Å². The molecule has 0 rings (SSSR count). The summed E-state index contributed by atoms with van der Waals surface area (Å²) in [5, 5.41) is 3.01. The molecule has 0 saturated heterocycles. The van der Waals surface area contributed by atoms with E-state index in [1.807, 2.05) is 27.8 Å². The maximum atomic E-state index is 11.9. The van der Waals surface area contributed by atoms with Crippen molar-refractivity contribution in [2.45, 2.75) is 33.6 Å². The molecule has 0 atom stereocenters. The lowest BCUT2D eigenvalue weighted by molar-refractivity contribution is 0.310. The lowest BCUT2D eigenvalue weighted by Gasteiger charge is -2.26. The van der Waals surface area contributed by atoms with Crippen molar-refractivity contribution < 1.29 is 8.42 Å². The highest BCUT2D eigenvalue weighted by Gasteiger charge is 2.22. The Kier molecular flexibility index (Phi) is 6.51. The van der Waals surface area contributed by atoms with Gasteiger partial charge in [0.05, 0.1) is 5.75 Å². The maximum absolute atomic E-state index is 11.9. The smallest absolute Gasteiger partial charge is 0.213 e. The summed E-state index contributed by atoms with van der Waals surface area (Å²) in [5.41, 5.74) is 0.00674. The highest BCUT2D eigenvalue weighted by atomic mass is 32.2. The summed E-state index contributed by atoms with van der Waals surface area (Å²) >= 11 is 0. The van der Waals surface area contributed by atoms with Crippen LogP contribution in [0.4, 0.5) is 0 Å². The van der Waals surface area contributed by atoms with E-state index < -0.39 is 10.0 Å². The van der Waals surface area contributed by atoms with Gasteiger partial charge < -0.3 is 5.32 Å². The number of nitrogens with one attached hydrogen (secondary N) is 1. The van der Waals surface area contributed by atoms with E-state index in [4.69, 9.17) is 0 Å². The normalized spacial score (nSPS) is 13.4. The Morgan fingerprint density at radius 2 is 1.75 bits per heavy atom. The van der Waals surface area contributed by atoms with E-state index in [9.17, 15) is 8.42 Å².